The number of para-hydroxylation sites is 1. The van der Waals surface area contributed by atoms with E-state index in [-0.39, 0.29) is 11.3 Å². The van der Waals surface area contributed by atoms with Crippen molar-refractivity contribution in [1.82, 2.24) is 0 Å². The van der Waals surface area contributed by atoms with Crippen LogP contribution in [-0.4, -0.2) is 24.0 Å². The molecule has 0 radical (unpaired) electrons. The molecule has 27 heavy (non-hydrogen) atoms. The van der Waals surface area contributed by atoms with E-state index in [0.717, 1.165) is 12.1 Å². The summed E-state index contributed by atoms with van der Waals surface area (Å²) < 4.78 is 39.2. The van der Waals surface area contributed by atoms with E-state index >= 15 is 0 Å². The summed E-state index contributed by atoms with van der Waals surface area (Å²) in [5.41, 5.74) is -0.310. The van der Waals surface area contributed by atoms with Gasteiger partial charge in [-0.1, -0.05) is 24.8 Å². The van der Waals surface area contributed by atoms with Gasteiger partial charge in [0.15, 0.2) is 0 Å². The lowest BCUT2D eigenvalue weighted by molar-refractivity contribution is -0.138. The van der Waals surface area contributed by atoms with E-state index in [1.807, 2.05) is 0 Å². The van der Waals surface area contributed by atoms with Gasteiger partial charge in [-0.25, -0.2) is 0 Å². The summed E-state index contributed by atoms with van der Waals surface area (Å²) in [6.45, 7) is 3.37. The number of alkyl halides is 3. The summed E-state index contributed by atoms with van der Waals surface area (Å²) in [5.74, 6) is -2.12. The molecule has 142 valence electrons. The number of aliphatic carboxylic acids is 1. The molecule has 5 nitrogen and oxygen atoms in total. The second kappa shape index (κ2) is 7.94. The SMILES string of the molecule is C=C(CC(=O)O)C(=O)Nc1cc(C(F)(F)F)ccc1N(C)c1ccccc1. The monoisotopic (exact) mass is 378 g/mol. The van der Waals surface area contributed by atoms with Crippen molar-refractivity contribution in [1.29, 1.82) is 0 Å². The molecule has 0 unspecified atom stereocenters. The molecule has 2 aromatic rings. The Hall–Kier alpha value is -3.29. The van der Waals surface area contributed by atoms with E-state index in [9.17, 15) is 22.8 Å². The molecule has 0 aliphatic heterocycles. The van der Waals surface area contributed by atoms with Crippen molar-refractivity contribution in [3.63, 3.8) is 0 Å². The van der Waals surface area contributed by atoms with Crippen molar-refractivity contribution >= 4 is 28.9 Å². The van der Waals surface area contributed by atoms with E-state index < -0.39 is 30.0 Å². The number of carbonyl (C=O) groups is 2. The van der Waals surface area contributed by atoms with Crippen molar-refractivity contribution in [2.75, 3.05) is 17.3 Å². The van der Waals surface area contributed by atoms with Crippen LogP contribution in [0.15, 0.2) is 60.7 Å². The van der Waals surface area contributed by atoms with Crippen LogP contribution >= 0.6 is 0 Å². The third kappa shape index (κ3) is 5.10. The van der Waals surface area contributed by atoms with Gasteiger partial charge in [-0.3, -0.25) is 9.59 Å². The highest BCUT2D eigenvalue weighted by molar-refractivity contribution is 6.07. The number of benzene rings is 2. The van der Waals surface area contributed by atoms with Crippen LogP contribution in [0.25, 0.3) is 0 Å². The number of nitrogens with zero attached hydrogens (tertiary/aromatic N) is 1. The molecule has 2 N–H and O–H groups in total. The predicted molar refractivity (Wildman–Crippen MR) is 96.0 cm³/mol. The maximum Gasteiger partial charge on any atom is 0.416 e. The van der Waals surface area contributed by atoms with Gasteiger partial charge in [-0.05, 0) is 30.3 Å². The highest BCUT2D eigenvalue weighted by Gasteiger charge is 2.31. The van der Waals surface area contributed by atoms with Gasteiger partial charge in [-0.2, -0.15) is 13.2 Å². The van der Waals surface area contributed by atoms with Crippen molar-refractivity contribution in [2.45, 2.75) is 12.6 Å². The van der Waals surface area contributed by atoms with Gasteiger partial charge in [0.2, 0.25) is 0 Å². The number of amides is 1. The van der Waals surface area contributed by atoms with Crippen LogP contribution in [0.5, 0.6) is 0 Å². The summed E-state index contributed by atoms with van der Waals surface area (Å²) in [6, 6.07) is 11.8. The maximum atomic E-state index is 13.1. The number of carboxylic acids is 1. The number of anilines is 3. The molecule has 0 fully saturated rings. The zero-order valence-corrected chi connectivity index (χ0v) is 14.4. The Kier molecular flexibility index (Phi) is 5.89. The number of carboxylic acid groups (broad SMARTS) is 1. The normalized spacial score (nSPS) is 11.0. The summed E-state index contributed by atoms with van der Waals surface area (Å²) >= 11 is 0. The highest BCUT2D eigenvalue weighted by atomic mass is 19.4. The molecule has 8 heteroatoms. The van der Waals surface area contributed by atoms with Gasteiger partial charge in [0, 0.05) is 18.3 Å². The van der Waals surface area contributed by atoms with Crippen molar-refractivity contribution in [2.24, 2.45) is 0 Å². The Balaban J connectivity index is 2.43. The average molecular weight is 378 g/mol. The third-order valence-corrected chi connectivity index (χ3v) is 3.76. The minimum absolute atomic E-state index is 0.104. The predicted octanol–water partition coefficient (Wildman–Crippen LogP) is 4.44. The molecule has 0 saturated heterocycles. The fourth-order valence-electron chi connectivity index (χ4n) is 2.37. The first-order chi connectivity index (χ1) is 12.6. The van der Waals surface area contributed by atoms with Crippen LogP contribution in [0.3, 0.4) is 0 Å². The number of rotatable bonds is 6. The second-order valence-electron chi connectivity index (χ2n) is 5.75. The zero-order chi connectivity index (χ0) is 20.2. The minimum atomic E-state index is -4.60. The highest BCUT2D eigenvalue weighted by Crippen LogP contribution is 2.37. The van der Waals surface area contributed by atoms with Gasteiger partial charge >= 0.3 is 12.1 Å². The molecule has 0 atom stereocenters. The topological polar surface area (TPSA) is 69.6 Å². The van der Waals surface area contributed by atoms with E-state index in [1.165, 1.54) is 6.07 Å². The van der Waals surface area contributed by atoms with Gasteiger partial charge in [0.05, 0.1) is 23.4 Å². The van der Waals surface area contributed by atoms with Crippen molar-refractivity contribution in [3.05, 3.63) is 66.2 Å². The molecular formula is C19H17F3N2O3. The quantitative estimate of drug-likeness (QED) is 0.729. The van der Waals surface area contributed by atoms with Gasteiger partial charge in [0.1, 0.15) is 0 Å². The van der Waals surface area contributed by atoms with Gasteiger partial charge in [0.25, 0.3) is 5.91 Å². The zero-order valence-electron chi connectivity index (χ0n) is 14.4. The summed E-state index contributed by atoms with van der Waals surface area (Å²) in [6.07, 6.45) is -5.21. The molecule has 0 heterocycles. The number of hydrogen-bond acceptors (Lipinski definition) is 3. The first kappa shape index (κ1) is 20.0. The number of halogens is 3. The Morgan fingerprint density at radius 3 is 2.33 bits per heavy atom. The third-order valence-electron chi connectivity index (χ3n) is 3.76. The minimum Gasteiger partial charge on any atom is -0.481 e. The lowest BCUT2D eigenvalue weighted by atomic mass is 10.1. The molecule has 1 amide bonds. The number of carbonyl (C=O) groups excluding carboxylic acids is 1. The Bertz CT molecular complexity index is 864. The number of hydrogen-bond donors (Lipinski definition) is 2. The fraction of sp³-hybridized carbons (Fsp3) is 0.158. The van der Waals surface area contributed by atoms with E-state index in [0.29, 0.717) is 11.4 Å². The molecule has 0 aromatic heterocycles. The number of nitrogens with one attached hydrogen (secondary N) is 1. The van der Waals surface area contributed by atoms with E-state index in [1.54, 1.807) is 42.3 Å². The molecule has 2 rings (SSSR count). The summed E-state index contributed by atoms with van der Waals surface area (Å²) in [4.78, 5) is 24.5. The first-order valence-electron chi connectivity index (χ1n) is 7.80. The Morgan fingerprint density at radius 1 is 1.15 bits per heavy atom. The standard InChI is InChI=1S/C19H17F3N2O3/c1-12(10-17(25)26)18(27)23-15-11-13(19(20,21)22)8-9-16(15)24(2)14-6-4-3-5-7-14/h3-9,11H,1,10H2,2H3,(H,23,27)(H,25,26). The largest absolute Gasteiger partial charge is 0.481 e. The lowest BCUT2D eigenvalue weighted by Gasteiger charge is -2.24. The molecule has 0 aliphatic rings. The van der Waals surface area contributed by atoms with Crippen molar-refractivity contribution in [3.8, 4) is 0 Å². The van der Waals surface area contributed by atoms with Crippen LogP contribution in [0.2, 0.25) is 0 Å². The first-order valence-corrected chi connectivity index (χ1v) is 7.80. The molecule has 0 bridgehead atoms. The lowest BCUT2D eigenvalue weighted by Crippen LogP contribution is -2.20. The van der Waals surface area contributed by atoms with Crippen molar-refractivity contribution < 1.29 is 27.9 Å². The van der Waals surface area contributed by atoms with Gasteiger partial charge < -0.3 is 15.3 Å². The van der Waals surface area contributed by atoms with Crippen LogP contribution in [0, 0.1) is 0 Å². The average Bonchev–Trinajstić information content (AvgIpc) is 2.60. The summed E-state index contributed by atoms with van der Waals surface area (Å²) in [5, 5.41) is 11.1. The molecule has 0 aliphatic carbocycles. The molecule has 2 aromatic carbocycles. The maximum absolute atomic E-state index is 13.1. The van der Waals surface area contributed by atoms with Crippen LogP contribution in [0.1, 0.15) is 12.0 Å². The smallest absolute Gasteiger partial charge is 0.416 e. The molecule has 0 saturated carbocycles. The van der Waals surface area contributed by atoms with Crippen LogP contribution in [0.4, 0.5) is 30.2 Å². The molecule has 0 spiro atoms. The fourth-order valence-corrected chi connectivity index (χ4v) is 2.37. The summed E-state index contributed by atoms with van der Waals surface area (Å²) in [7, 11) is 1.64. The molecular weight excluding hydrogens is 361 g/mol. The second-order valence-corrected chi connectivity index (χ2v) is 5.75. The van der Waals surface area contributed by atoms with Crippen LogP contribution in [-0.2, 0) is 15.8 Å². The Morgan fingerprint density at radius 2 is 1.78 bits per heavy atom. The Labute approximate surface area is 153 Å². The van der Waals surface area contributed by atoms with Crippen LogP contribution < -0.4 is 10.2 Å². The van der Waals surface area contributed by atoms with E-state index in [4.69, 9.17) is 5.11 Å². The van der Waals surface area contributed by atoms with Gasteiger partial charge in [-0.15, -0.1) is 0 Å². The van der Waals surface area contributed by atoms with E-state index in [2.05, 4.69) is 11.9 Å².